The lowest BCUT2D eigenvalue weighted by Crippen LogP contribution is -2.52. The molecule has 3 heterocycles. The molecular formula is C28H38N2O4S. The zero-order valence-electron chi connectivity index (χ0n) is 21.1. The summed E-state index contributed by atoms with van der Waals surface area (Å²) < 4.78 is 5.20. The molecule has 2 atom stereocenters. The molecule has 0 aromatic carbocycles. The molecule has 1 aromatic rings. The fourth-order valence-electron chi connectivity index (χ4n) is 6.52. The van der Waals surface area contributed by atoms with Crippen molar-refractivity contribution in [1.82, 2.24) is 4.90 Å². The van der Waals surface area contributed by atoms with Gasteiger partial charge in [0.1, 0.15) is 4.88 Å². The van der Waals surface area contributed by atoms with Crippen molar-refractivity contribution >= 4 is 40.4 Å². The lowest BCUT2D eigenvalue weighted by molar-refractivity contribution is -0.130. The number of ether oxygens (including phenoxy) is 1. The van der Waals surface area contributed by atoms with Crippen LogP contribution in [0, 0.1) is 11.8 Å². The summed E-state index contributed by atoms with van der Waals surface area (Å²) in [7, 11) is 1.42. The van der Waals surface area contributed by atoms with Gasteiger partial charge in [-0.15, -0.1) is 11.3 Å². The molecule has 4 aliphatic rings. The second-order valence-electron chi connectivity index (χ2n) is 10.9. The Morgan fingerprint density at radius 1 is 1.09 bits per heavy atom. The molecule has 2 unspecified atom stereocenters. The van der Waals surface area contributed by atoms with Crippen LogP contribution in [0.1, 0.15) is 98.5 Å². The highest BCUT2D eigenvalue weighted by Crippen LogP contribution is 2.42. The predicted molar refractivity (Wildman–Crippen MR) is 138 cm³/mol. The van der Waals surface area contributed by atoms with Crippen molar-refractivity contribution in [3.8, 4) is 0 Å². The highest BCUT2D eigenvalue weighted by Gasteiger charge is 2.42. The molecule has 0 bridgehead atoms. The van der Waals surface area contributed by atoms with E-state index in [4.69, 9.17) is 4.74 Å². The lowest BCUT2D eigenvalue weighted by Gasteiger charge is -2.42. The molecule has 3 fully saturated rings. The van der Waals surface area contributed by atoms with Gasteiger partial charge in [0, 0.05) is 35.8 Å². The van der Waals surface area contributed by atoms with Gasteiger partial charge in [0.05, 0.1) is 12.8 Å². The van der Waals surface area contributed by atoms with Gasteiger partial charge in [0.15, 0.2) is 0 Å². The highest BCUT2D eigenvalue weighted by atomic mass is 32.1. The average Bonchev–Trinajstić information content (AvgIpc) is 3.49. The van der Waals surface area contributed by atoms with Crippen LogP contribution < -0.4 is 4.90 Å². The third-order valence-corrected chi connectivity index (χ3v) is 9.80. The first-order valence-corrected chi connectivity index (χ1v) is 14.3. The molecular weight excluding hydrogens is 460 g/mol. The van der Waals surface area contributed by atoms with E-state index in [0.717, 1.165) is 74.8 Å². The molecule has 0 spiro atoms. The van der Waals surface area contributed by atoms with E-state index in [1.54, 1.807) is 0 Å². The van der Waals surface area contributed by atoms with Gasteiger partial charge >= 0.3 is 5.97 Å². The number of amides is 2. The Morgan fingerprint density at radius 3 is 2.60 bits per heavy atom. The predicted octanol–water partition coefficient (Wildman–Crippen LogP) is 5.80. The Balaban J connectivity index is 1.52. The van der Waals surface area contributed by atoms with Crippen molar-refractivity contribution in [2.24, 2.45) is 11.8 Å². The van der Waals surface area contributed by atoms with Crippen LogP contribution >= 0.6 is 11.3 Å². The second kappa shape index (κ2) is 10.5. The number of carbonyl (C=O) groups excluding carboxylic acids is 3. The molecule has 0 N–H and O–H groups in total. The van der Waals surface area contributed by atoms with Crippen LogP contribution in [0.5, 0.6) is 0 Å². The van der Waals surface area contributed by atoms with Crippen LogP contribution in [0.4, 0.5) is 5.69 Å². The van der Waals surface area contributed by atoms with Gasteiger partial charge in [-0.2, -0.15) is 0 Å². The number of fused-ring (bicyclic) bond motifs is 1. The zero-order chi connectivity index (χ0) is 24.5. The smallest absolute Gasteiger partial charge is 0.350 e. The molecule has 1 aromatic heterocycles. The number of hydrogen-bond acceptors (Lipinski definition) is 5. The van der Waals surface area contributed by atoms with Crippen molar-refractivity contribution in [2.75, 3.05) is 18.6 Å². The van der Waals surface area contributed by atoms with E-state index in [9.17, 15) is 14.4 Å². The highest BCUT2D eigenvalue weighted by molar-refractivity contribution is 7.15. The quantitative estimate of drug-likeness (QED) is 0.481. The summed E-state index contributed by atoms with van der Waals surface area (Å²) in [4.78, 5) is 45.1. The number of carbonyl (C=O) groups is 3. The molecule has 7 heteroatoms. The number of hydrogen-bond donors (Lipinski definition) is 0. The van der Waals surface area contributed by atoms with E-state index in [-0.39, 0.29) is 35.8 Å². The summed E-state index contributed by atoms with van der Waals surface area (Å²) in [6.45, 7) is 2.96. The van der Waals surface area contributed by atoms with Gasteiger partial charge in [-0.25, -0.2) is 4.79 Å². The number of thiophene rings is 1. The fourth-order valence-corrected chi connectivity index (χ4v) is 7.65. The lowest BCUT2D eigenvalue weighted by atomic mass is 9.81. The summed E-state index contributed by atoms with van der Waals surface area (Å²) in [5, 5.41) is 0. The molecule has 2 aliphatic carbocycles. The van der Waals surface area contributed by atoms with Gasteiger partial charge in [0.25, 0.3) is 0 Å². The molecule has 2 saturated heterocycles. The Kier molecular flexibility index (Phi) is 7.33. The molecule has 1 saturated carbocycles. The van der Waals surface area contributed by atoms with E-state index in [1.165, 1.54) is 30.4 Å². The van der Waals surface area contributed by atoms with Crippen molar-refractivity contribution in [3.05, 3.63) is 21.9 Å². The number of methoxy groups -OCH3 is 1. The second-order valence-corrected chi connectivity index (χ2v) is 12.0. The van der Waals surface area contributed by atoms with E-state index >= 15 is 0 Å². The van der Waals surface area contributed by atoms with E-state index in [1.807, 2.05) is 9.80 Å². The van der Waals surface area contributed by atoms with Crippen LogP contribution in [0.3, 0.4) is 0 Å². The third-order valence-electron chi connectivity index (χ3n) is 8.62. The first-order chi connectivity index (χ1) is 17.0. The monoisotopic (exact) mass is 498 g/mol. The Labute approximate surface area is 212 Å². The maximum atomic E-state index is 14.2. The molecule has 2 aliphatic heterocycles. The summed E-state index contributed by atoms with van der Waals surface area (Å²) in [6.07, 6.45) is 13.7. The van der Waals surface area contributed by atoms with Gasteiger partial charge in [-0.3, -0.25) is 9.59 Å². The fraction of sp³-hybridized carbons (Fsp3) is 0.679. The minimum Gasteiger partial charge on any atom is -0.465 e. The number of rotatable bonds is 5. The number of esters is 1. The van der Waals surface area contributed by atoms with E-state index in [0.29, 0.717) is 23.8 Å². The van der Waals surface area contributed by atoms with Crippen LogP contribution in [-0.2, 0) is 14.3 Å². The first kappa shape index (κ1) is 24.5. The van der Waals surface area contributed by atoms with E-state index < -0.39 is 0 Å². The minimum atomic E-state index is -0.365. The van der Waals surface area contributed by atoms with Gasteiger partial charge in [0.2, 0.25) is 11.8 Å². The first-order valence-electron chi connectivity index (χ1n) is 13.5. The molecule has 35 heavy (non-hydrogen) atoms. The number of piperidine rings is 1. The third kappa shape index (κ3) is 4.93. The summed E-state index contributed by atoms with van der Waals surface area (Å²) in [5.74, 6) is 0.696. The van der Waals surface area contributed by atoms with Crippen molar-refractivity contribution < 1.29 is 19.1 Å². The van der Waals surface area contributed by atoms with Crippen LogP contribution in [-0.4, -0.2) is 48.4 Å². The average molecular weight is 499 g/mol. The standard InChI is InChI=1S/C28H38N2O4S/c1-18-8-10-20(11-9-18)27(32)30(22-14-15-29-21(16-22)12-13-25(29)31)23-17-24(19-6-4-3-5-7-19)35-26(23)28(33)34-2/h6,17-18,20-22H,3-5,7-16H2,1-2H3. The van der Waals surface area contributed by atoms with E-state index in [2.05, 4.69) is 19.1 Å². The molecule has 190 valence electrons. The van der Waals surface area contributed by atoms with Gasteiger partial charge in [-0.1, -0.05) is 13.0 Å². The summed E-state index contributed by atoms with van der Waals surface area (Å²) in [5.41, 5.74) is 2.02. The molecule has 5 rings (SSSR count). The zero-order valence-corrected chi connectivity index (χ0v) is 21.9. The van der Waals surface area contributed by atoms with Crippen molar-refractivity contribution in [2.45, 2.75) is 96.1 Å². The van der Waals surface area contributed by atoms with Gasteiger partial charge < -0.3 is 14.5 Å². The van der Waals surface area contributed by atoms with Crippen LogP contribution in [0.25, 0.3) is 5.57 Å². The van der Waals surface area contributed by atoms with Crippen LogP contribution in [0.2, 0.25) is 0 Å². The number of anilines is 1. The molecule has 2 amide bonds. The Bertz CT molecular complexity index is 1010. The van der Waals surface area contributed by atoms with Crippen molar-refractivity contribution in [1.29, 1.82) is 0 Å². The summed E-state index contributed by atoms with van der Waals surface area (Å²) >= 11 is 1.47. The number of allylic oxidation sites excluding steroid dienone is 2. The minimum absolute atomic E-state index is 0.000177. The maximum absolute atomic E-state index is 14.2. The largest absolute Gasteiger partial charge is 0.465 e. The normalized spacial score (nSPS) is 28.9. The Hall–Kier alpha value is -2.15. The maximum Gasteiger partial charge on any atom is 0.350 e. The molecule has 0 radical (unpaired) electrons. The number of nitrogens with zero attached hydrogens (tertiary/aromatic N) is 2. The van der Waals surface area contributed by atoms with Gasteiger partial charge in [-0.05, 0) is 88.2 Å². The topological polar surface area (TPSA) is 66.9 Å². The van der Waals surface area contributed by atoms with Crippen molar-refractivity contribution in [3.63, 3.8) is 0 Å². The Morgan fingerprint density at radius 2 is 1.89 bits per heavy atom. The molecule has 6 nitrogen and oxygen atoms in total. The van der Waals surface area contributed by atoms with Crippen LogP contribution in [0.15, 0.2) is 12.1 Å². The SMILES string of the molecule is COC(=O)c1sc(C2=CCCCC2)cc1N(C(=O)C1CCC(C)CC1)C1CCN2C(=O)CCC2C1. The summed E-state index contributed by atoms with van der Waals surface area (Å²) in [6, 6.07) is 2.28.